The molecule has 2 heterocycles. The van der Waals surface area contributed by atoms with Gasteiger partial charge in [-0.2, -0.15) is 0 Å². The maximum Gasteiger partial charge on any atom is 0.224 e. The summed E-state index contributed by atoms with van der Waals surface area (Å²) in [5.74, 6) is 0.119. The second-order valence-corrected chi connectivity index (χ2v) is 9.83. The topological polar surface area (TPSA) is 52.7 Å². The Balaban J connectivity index is 1.62. The van der Waals surface area contributed by atoms with Gasteiger partial charge in [0, 0.05) is 49.3 Å². The van der Waals surface area contributed by atoms with Gasteiger partial charge in [-0.1, -0.05) is 30.3 Å². The highest BCUT2D eigenvalue weighted by atomic mass is 32.1. The third kappa shape index (κ3) is 3.85. The number of para-hydroxylation sites is 2. The third-order valence-corrected chi connectivity index (χ3v) is 7.45. The minimum Gasteiger partial charge on any atom is -0.378 e. The molecule has 0 bridgehead atoms. The fraction of sp³-hybridized carbons (Fsp3) is 0.259. The van der Waals surface area contributed by atoms with E-state index in [1.165, 1.54) is 0 Å². The zero-order valence-corrected chi connectivity index (χ0v) is 19.9. The first-order chi connectivity index (χ1) is 15.9. The summed E-state index contributed by atoms with van der Waals surface area (Å²) in [6, 6.07) is 19.9. The lowest BCUT2D eigenvalue weighted by Gasteiger charge is -2.33. The second-order valence-electron chi connectivity index (χ2n) is 8.86. The second kappa shape index (κ2) is 8.52. The molecule has 0 saturated carbocycles. The summed E-state index contributed by atoms with van der Waals surface area (Å²) < 4.78 is 0. The molecule has 2 atom stereocenters. The van der Waals surface area contributed by atoms with Gasteiger partial charge in [-0.25, -0.2) is 0 Å². The van der Waals surface area contributed by atoms with Crippen LogP contribution in [0, 0.1) is 0 Å². The van der Waals surface area contributed by atoms with E-state index in [-0.39, 0.29) is 17.6 Å². The summed E-state index contributed by atoms with van der Waals surface area (Å²) in [4.78, 5) is 31.5. The van der Waals surface area contributed by atoms with Crippen molar-refractivity contribution >= 4 is 40.1 Å². The molecule has 1 aliphatic heterocycles. The van der Waals surface area contributed by atoms with Gasteiger partial charge >= 0.3 is 0 Å². The summed E-state index contributed by atoms with van der Waals surface area (Å²) in [7, 11) is 4.04. The Labute approximate surface area is 198 Å². The van der Waals surface area contributed by atoms with Gasteiger partial charge in [0.05, 0.1) is 11.4 Å². The number of carbonyl (C=O) groups is 2. The molecule has 2 aromatic carbocycles. The van der Waals surface area contributed by atoms with E-state index in [0.717, 1.165) is 39.6 Å². The van der Waals surface area contributed by atoms with Crippen LogP contribution in [-0.4, -0.2) is 25.8 Å². The lowest BCUT2D eigenvalue weighted by Crippen LogP contribution is -2.36. The first-order valence-electron chi connectivity index (χ1n) is 11.2. The largest absolute Gasteiger partial charge is 0.378 e. The Morgan fingerprint density at radius 2 is 1.79 bits per heavy atom. The molecule has 6 heteroatoms. The minimum atomic E-state index is -0.418. The van der Waals surface area contributed by atoms with E-state index in [2.05, 4.69) is 34.5 Å². The van der Waals surface area contributed by atoms with Crippen molar-refractivity contribution in [2.75, 3.05) is 29.2 Å². The number of benzene rings is 2. The highest BCUT2D eigenvalue weighted by Crippen LogP contribution is 2.48. The molecule has 2 aliphatic rings. The quantitative estimate of drug-likeness (QED) is 0.545. The van der Waals surface area contributed by atoms with Crippen LogP contribution in [-0.2, 0) is 9.59 Å². The van der Waals surface area contributed by atoms with Crippen molar-refractivity contribution in [1.82, 2.24) is 0 Å². The van der Waals surface area contributed by atoms with Gasteiger partial charge in [-0.15, -0.1) is 11.3 Å². The molecule has 33 heavy (non-hydrogen) atoms. The molecule has 168 valence electrons. The number of thiophene rings is 1. The van der Waals surface area contributed by atoms with Crippen LogP contribution in [0.3, 0.4) is 0 Å². The van der Waals surface area contributed by atoms with E-state index in [1.54, 1.807) is 23.2 Å². The Bertz CT molecular complexity index is 1230. The van der Waals surface area contributed by atoms with E-state index in [1.807, 2.05) is 55.9 Å². The molecule has 5 nitrogen and oxygen atoms in total. The Kier molecular flexibility index (Phi) is 5.54. The van der Waals surface area contributed by atoms with Crippen LogP contribution in [0.1, 0.15) is 42.2 Å². The summed E-state index contributed by atoms with van der Waals surface area (Å²) >= 11 is 1.58. The van der Waals surface area contributed by atoms with Crippen LogP contribution in [0.4, 0.5) is 17.1 Å². The van der Waals surface area contributed by atoms with Gasteiger partial charge in [0.25, 0.3) is 0 Å². The van der Waals surface area contributed by atoms with Crippen LogP contribution in [0.25, 0.3) is 0 Å². The molecule has 5 rings (SSSR count). The first-order valence-corrected chi connectivity index (χ1v) is 12.0. The zero-order valence-electron chi connectivity index (χ0n) is 19.0. The van der Waals surface area contributed by atoms with E-state index in [9.17, 15) is 9.59 Å². The molecule has 0 fully saturated rings. The van der Waals surface area contributed by atoms with Gasteiger partial charge in [-0.3, -0.25) is 14.5 Å². The highest BCUT2D eigenvalue weighted by molar-refractivity contribution is 7.10. The van der Waals surface area contributed by atoms with E-state index in [0.29, 0.717) is 12.0 Å². The number of nitrogens with one attached hydrogen (secondary N) is 1. The summed E-state index contributed by atoms with van der Waals surface area (Å²) in [6.07, 6.45) is 1.16. The summed E-state index contributed by atoms with van der Waals surface area (Å²) in [5.41, 5.74) is 5.59. The van der Waals surface area contributed by atoms with Gasteiger partial charge in [0.1, 0.15) is 6.04 Å². The van der Waals surface area contributed by atoms with Gasteiger partial charge in [0.2, 0.25) is 5.91 Å². The molecule has 2 unspecified atom stereocenters. The maximum atomic E-state index is 13.7. The molecular formula is C27H27N3O2S. The van der Waals surface area contributed by atoms with Crippen molar-refractivity contribution in [3.8, 4) is 0 Å². The molecule has 0 spiro atoms. The number of allylic oxidation sites excluding steroid dienone is 1. The smallest absolute Gasteiger partial charge is 0.224 e. The van der Waals surface area contributed by atoms with Crippen molar-refractivity contribution in [2.24, 2.45) is 0 Å². The fourth-order valence-corrected chi connectivity index (χ4v) is 5.76. The predicted molar refractivity (Wildman–Crippen MR) is 135 cm³/mol. The first kappa shape index (κ1) is 21.5. The van der Waals surface area contributed by atoms with Crippen molar-refractivity contribution in [1.29, 1.82) is 0 Å². The monoisotopic (exact) mass is 457 g/mol. The molecule has 1 N–H and O–H groups in total. The number of rotatable bonds is 3. The number of ketones is 1. The fourth-order valence-electron chi connectivity index (χ4n) is 4.93. The number of hydrogen-bond acceptors (Lipinski definition) is 5. The molecule has 1 aromatic heterocycles. The van der Waals surface area contributed by atoms with Gasteiger partial charge in [-0.05, 0) is 53.6 Å². The van der Waals surface area contributed by atoms with Gasteiger partial charge in [0.15, 0.2) is 5.78 Å². The average molecular weight is 458 g/mol. The normalized spacial score (nSPS) is 20.0. The van der Waals surface area contributed by atoms with E-state index >= 15 is 0 Å². The van der Waals surface area contributed by atoms with Crippen molar-refractivity contribution in [2.45, 2.75) is 31.7 Å². The zero-order chi connectivity index (χ0) is 23.1. The Morgan fingerprint density at radius 3 is 2.45 bits per heavy atom. The maximum absolute atomic E-state index is 13.7. The predicted octanol–water partition coefficient (Wildman–Crippen LogP) is 5.73. The summed E-state index contributed by atoms with van der Waals surface area (Å²) in [5, 5.41) is 5.56. The van der Waals surface area contributed by atoms with Gasteiger partial charge < -0.3 is 10.2 Å². The highest BCUT2D eigenvalue weighted by Gasteiger charge is 2.41. The lowest BCUT2D eigenvalue weighted by atomic mass is 9.79. The van der Waals surface area contributed by atoms with Crippen molar-refractivity contribution < 1.29 is 9.59 Å². The molecule has 0 saturated heterocycles. The van der Waals surface area contributed by atoms with E-state index in [4.69, 9.17) is 0 Å². The Morgan fingerprint density at radius 1 is 1.03 bits per heavy atom. The average Bonchev–Trinajstić information content (AvgIpc) is 3.28. The molecule has 1 amide bonds. The van der Waals surface area contributed by atoms with Crippen LogP contribution >= 0.6 is 11.3 Å². The minimum absolute atomic E-state index is 0.0782. The molecule has 1 aliphatic carbocycles. The number of Topliss-reactive ketones (excluding diaryl/α,β-unsaturated/α-hetero) is 1. The number of carbonyl (C=O) groups excluding carboxylic acids is 2. The van der Waals surface area contributed by atoms with Crippen LogP contribution in [0.15, 0.2) is 77.3 Å². The molecular weight excluding hydrogens is 430 g/mol. The number of amides is 1. The van der Waals surface area contributed by atoms with E-state index < -0.39 is 6.04 Å². The van der Waals surface area contributed by atoms with Crippen molar-refractivity contribution in [3.05, 3.63) is 87.8 Å². The third-order valence-electron chi connectivity index (χ3n) is 6.52. The summed E-state index contributed by atoms with van der Waals surface area (Å²) in [6.45, 7) is 1.57. The van der Waals surface area contributed by atoms with Crippen molar-refractivity contribution in [3.63, 3.8) is 0 Å². The number of nitrogens with zero attached hydrogens (tertiary/aromatic N) is 2. The SMILES string of the molecule is CC(=O)N1c2ccccc2NC2=C(C(=O)CC(c3ccc(N(C)C)cc3)C2)C1c1cccs1. The van der Waals surface area contributed by atoms with Crippen LogP contribution in [0.2, 0.25) is 0 Å². The Hall–Kier alpha value is -3.38. The molecule has 0 radical (unpaired) electrons. The van der Waals surface area contributed by atoms with Crippen LogP contribution < -0.4 is 15.1 Å². The number of hydrogen-bond donors (Lipinski definition) is 1. The molecule has 3 aromatic rings. The van der Waals surface area contributed by atoms with Crippen LogP contribution in [0.5, 0.6) is 0 Å². The standard InChI is InChI=1S/C27H27N3O2S/c1-17(31)30-23-8-5-4-7-21(23)28-22-15-19(18-10-12-20(13-11-18)29(2)3)16-24(32)26(22)27(30)25-9-6-14-33-25/h4-14,19,27-28H,15-16H2,1-3H3. The lowest BCUT2D eigenvalue weighted by molar-refractivity contribution is -0.117. The number of anilines is 3. The number of fused-ring (bicyclic) bond motifs is 1.